The summed E-state index contributed by atoms with van der Waals surface area (Å²) >= 11 is 1.81. The first-order chi connectivity index (χ1) is 9.28. The van der Waals surface area contributed by atoms with Gasteiger partial charge in [0.1, 0.15) is 0 Å². The molecule has 0 saturated carbocycles. The number of nitrogens with zero attached hydrogens (tertiary/aromatic N) is 1. The second kappa shape index (κ2) is 5.86. The predicted octanol–water partition coefficient (Wildman–Crippen LogP) is 3.15. The van der Waals surface area contributed by atoms with Crippen LogP contribution in [0.25, 0.3) is 0 Å². The fraction of sp³-hybridized carbons (Fsp3) is 0.625. The minimum absolute atomic E-state index is 0.545. The van der Waals surface area contributed by atoms with Crippen molar-refractivity contribution in [3.8, 4) is 0 Å². The molecular weight excluding hydrogens is 252 g/mol. The van der Waals surface area contributed by atoms with E-state index in [0.717, 1.165) is 12.0 Å². The second-order valence-corrected chi connectivity index (χ2v) is 6.75. The summed E-state index contributed by atoms with van der Waals surface area (Å²) in [6, 6.07) is 10.4. The van der Waals surface area contributed by atoms with Crippen molar-refractivity contribution in [2.24, 2.45) is 5.92 Å². The number of benzene rings is 1. The Morgan fingerprint density at radius 3 is 2.74 bits per heavy atom. The van der Waals surface area contributed by atoms with Gasteiger partial charge in [-0.05, 0) is 56.2 Å². The van der Waals surface area contributed by atoms with E-state index in [9.17, 15) is 0 Å². The minimum Gasteiger partial charge on any atom is -0.312 e. The molecule has 3 unspecified atom stereocenters. The standard InChI is InChI=1S/C16H24N2S/c1-12(13-5-7-15(19-2)8-6-13)18-10-14-4-3-9-17-16(14)11-18/h5-8,12,14,16-17H,3-4,9-11H2,1-2H3. The molecule has 0 aromatic heterocycles. The Labute approximate surface area is 121 Å². The maximum Gasteiger partial charge on any atom is 0.0320 e. The van der Waals surface area contributed by atoms with Crippen molar-refractivity contribution in [3.05, 3.63) is 29.8 Å². The largest absolute Gasteiger partial charge is 0.312 e. The van der Waals surface area contributed by atoms with E-state index in [1.165, 1.54) is 42.9 Å². The van der Waals surface area contributed by atoms with Gasteiger partial charge in [0, 0.05) is 30.1 Å². The van der Waals surface area contributed by atoms with E-state index >= 15 is 0 Å². The lowest BCUT2D eigenvalue weighted by Gasteiger charge is -2.25. The number of nitrogens with one attached hydrogen (secondary N) is 1. The van der Waals surface area contributed by atoms with E-state index in [4.69, 9.17) is 0 Å². The van der Waals surface area contributed by atoms with E-state index in [1.807, 2.05) is 11.8 Å². The highest BCUT2D eigenvalue weighted by Gasteiger charge is 2.36. The summed E-state index contributed by atoms with van der Waals surface area (Å²) in [5.74, 6) is 0.877. The van der Waals surface area contributed by atoms with E-state index in [0.29, 0.717) is 6.04 Å². The Hall–Kier alpha value is -0.510. The van der Waals surface area contributed by atoms with Gasteiger partial charge in [-0.3, -0.25) is 4.90 Å². The Morgan fingerprint density at radius 2 is 2.05 bits per heavy atom. The molecule has 19 heavy (non-hydrogen) atoms. The number of piperidine rings is 1. The molecule has 0 aliphatic carbocycles. The minimum atomic E-state index is 0.545. The van der Waals surface area contributed by atoms with Crippen molar-refractivity contribution in [3.63, 3.8) is 0 Å². The van der Waals surface area contributed by atoms with Gasteiger partial charge in [0.2, 0.25) is 0 Å². The molecule has 104 valence electrons. The van der Waals surface area contributed by atoms with Crippen LogP contribution in [-0.2, 0) is 0 Å². The SMILES string of the molecule is CSc1ccc(C(C)N2CC3CCCNC3C2)cc1. The molecule has 2 saturated heterocycles. The fourth-order valence-electron chi connectivity index (χ4n) is 3.49. The van der Waals surface area contributed by atoms with Crippen molar-refractivity contribution in [1.29, 1.82) is 0 Å². The predicted molar refractivity (Wildman–Crippen MR) is 82.7 cm³/mol. The molecule has 0 spiro atoms. The van der Waals surface area contributed by atoms with Crippen LogP contribution < -0.4 is 5.32 Å². The lowest BCUT2D eigenvalue weighted by molar-refractivity contribution is 0.251. The third-order valence-electron chi connectivity index (χ3n) is 4.77. The monoisotopic (exact) mass is 276 g/mol. The average molecular weight is 276 g/mol. The molecule has 3 rings (SSSR count). The third-order valence-corrected chi connectivity index (χ3v) is 5.52. The third kappa shape index (κ3) is 2.83. The zero-order valence-electron chi connectivity index (χ0n) is 11.9. The Kier molecular flexibility index (Phi) is 4.15. The van der Waals surface area contributed by atoms with Crippen LogP contribution in [0.3, 0.4) is 0 Å². The molecule has 2 nitrogen and oxygen atoms in total. The molecule has 1 aromatic rings. The van der Waals surface area contributed by atoms with Crippen molar-refractivity contribution in [1.82, 2.24) is 10.2 Å². The maximum absolute atomic E-state index is 3.69. The van der Waals surface area contributed by atoms with Gasteiger partial charge in [-0.25, -0.2) is 0 Å². The van der Waals surface area contributed by atoms with Crippen molar-refractivity contribution in [2.75, 3.05) is 25.9 Å². The number of thioether (sulfide) groups is 1. The van der Waals surface area contributed by atoms with Crippen molar-refractivity contribution < 1.29 is 0 Å². The summed E-state index contributed by atoms with van der Waals surface area (Å²) in [6.45, 7) is 6.05. The van der Waals surface area contributed by atoms with Crippen LogP contribution in [0, 0.1) is 5.92 Å². The van der Waals surface area contributed by atoms with Gasteiger partial charge in [-0.15, -0.1) is 11.8 Å². The van der Waals surface area contributed by atoms with Crippen LogP contribution in [0.15, 0.2) is 29.2 Å². The number of rotatable bonds is 3. The van der Waals surface area contributed by atoms with Gasteiger partial charge < -0.3 is 5.32 Å². The Morgan fingerprint density at radius 1 is 1.26 bits per heavy atom. The van der Waals surface area contributed by atoms with Crippen LogP contribution >= 0.6 is 11.8 Å². The zero-order chi connectivity index (χ0) is 13.2. The first-order valence-electron chi connectivity index (χ1n) is 7.39. The van der Waals surface area contributed by atoms with Gasteiger partial charge in [0.25, 0.3) is 0 Å². The number of fused-ring (bicyclic) bond motifs is 1. The van der Waals surface area contributed by atoms with E-state index in [-0.39, 0.29) is 0 Å². The smallest absolute Gasteiger partial charge is 0.0320 e. The van der Waals surface area contributed by atoms with E-state index < -0.39 is 0 Å². The van der Waals surface area contributed by atoms with Crippen LogP contribution in [0.1, 0.15) is 31.4 Å². The second-order valence-electron chi connectivity index (χ2n) is 5.87. The van der Waals surface area contributed by atoms with Crippen LogP contribution in [0.2, 0.25) is 0 Å². The topological polar surface area (TPSA) is 15.3 Å². The van der Waals surface area contributed by atoms with E-state index in [1.54, 1.807) is 0 Å². The average Bonchev–Trinajstić information content (AvgIpc) is 2.90. The molecule has 2 aliphatic heterocycles. The number of hydrogen-bond donors (Lipinski definition) is 1. The Bertz CT molecular complexity index is 403. The van der Waals surface area contributed by atoms with Gasteiger partial charge in [-0.1, -0.05) is 12.1 Å². The summed E-state index contributed by atoms with van der Waals surface area (Å²) in [5.41, 5.74) is 1.46. The summed E-state index contributed by atoms with van der Waals surface area (Å²) in [7, 11) is 0. The molecule has 0 amide bonds. The molecule has 2 fully saturated rings. The van der Waals surface area contributed by atoms with E-state index in [2.05, 4.69) is 47.7 Å². The highest BCUT2D eigenvalue weighted by atomic mass is 32.2. The van der Waals surface area contributed by atoms with Gasteiger partial charge in [0.15, 0.2) is 0 Å². The van der Waals surface area contributed by atoms with Crippen LogP contribution in [0.4, 0.5) is 0 Å². The summed E-state index contributed by atoms with van der Waals surface area (Å²) in [5, 5.41) is 3.69. The lowest BCUT2D eigenvalue weighted by atomic mass is 9.94. The summed E-state index contributed by atoms with van der Waals surface area (Å²) in [4.78, 5) is 4.01. The van der Waals surface area contributed by atoms with Crippen molar-refractivity contribution >= 4 is 11.8 Å². The molecule has 2 aliphatic rings. The van der Waals surface area contributed by atoms with Crippen LogP contribution in [0.5, 0.6) is 0 Å². The highest BCUT2D eigenvalue weighted by molar-refractivity contribution is 7.98. The summed E-state index contributed by atoms with van der Waals surface area (Å²) in [6.07, 6.45) is 4.90. The maximum atomic E-state index is 3.69. The Balaban J connectivity index is 1.68. The molecule has 3 heteroatoms. The number of likely N-dealkylation sites (tertiary alicyclic amines) is 1. The van der Waals surface area contributed by atoms with Gasteiger partial charge >= 0.3 is 0 Å². The first kappa shape index (κ1) is 13.5. The van der Waals surface area contributed by atoms with Crippen LogP contribution in [-0.4, -0.2) is 36.8 Å². The molecule has 3 atom stereocenters. The fourth-order valence-corrected chi connectivity index (χ4v) is 3.90. The van der Waals surface area contributed by atoms with Gasteiger partial charge in [-0.2, -0.15) is 0 Å². The van der Waals surface area contributed by atoms with Gasteiger partial charge in [0.05, 0.1) is 0 Å². The summed E-state index contributed by atoms with van der Waals surface area (Å²) < 4.78 is 0. The highest BCUT2D eigenvalue weighted by Crippen LogP contribution is 2.31. The molecule has 1 aromatic carbocycles. The van der Waals surface area contributed by atoms with Crippen molar-refractivity contribution in [2.45, 2.75) is 36.7 Å². The molecule has 1 N–H and O–H groups in total. The normalized spacial score (nSPS) is 29.2. The first-order valence-corrected chi connectivity index (χ1v) is 8.62. The lowest BCUT2D eigenvalue weighted by Crippen LogP contribution is -2.40. The number of hydrogen-bond acceptors (Lipinski definition) is 3. The molecular formula is C16H24N2S. The molecule has 0 radical (unpaired) electrons. The quantitative estimate of drug-likeness (QED) is 0.854. The zero-order valence-corrected chi connectivity index (χ0v) is 12.7. The molecule has 2 heterocycles. The molecule has 0 bridgehead atoms.